The summed E-state index contributed by atoms with van der Waals surface area (Å²) in [5.74, 6) is -3.68. The molecule has 0 bridgehead atoms. The smallest absolute Gasteiger partial charge is 0.326 e. The number of unbranched alkanes of at least 4 members (excludes halogenated alkanes) is 1. The molecule has 0 radical (unpaired) electrons. The first kappa shape index (κ1) is 29.8. The number of carbonyl (C=O) groups is 4. The Morgan fingerprint density at radius 3 is 1.84 bits per heavy atom. The molecule has 11 heteroatoms. The Morgan fingerprint density at radius 2 is 1.41 bits per heavy atom. The average Bonchev–Trinajstić information content (AvgIpc) is 2.72. The lowest BCUT2D eigenvalue weighted by Crippen LogP contribution is -2.60. The molecule has 0 heterocycles. The lowest BCUT2D eigenvalue weighted by molar-refractivity contribution is -0.143. The van der Waals surface area contributed by atoms with Crippen LogP contribution in [0.3, 0.4) is 0 Å². The third kappa shape index (κ3) is 9.92. The van der Waals surface area contributed by atoms with Crippen LogP contribution in [0.2, 0.25) is 0 Å². The van der Waals surface area contributed by atoms with E-state index in [0.717, 1.165) is 0 Å². The van der Waals surface area contributed by atoms with Crippen molar-refractivity contribution in [3.8, 4) is 0 Å². The van der Waals surface area contributed by atoms with E-state index in [-0.39, 0.29) is 18.3 Å². The first-order valence-electron chi connectivity index (χ1n) is 11.1. The molecule has 6 unspecified atom stereocenters. The van der Waals surface area contributed by atoms with Gasteiger partial charge in [-0.3, -0.25) is 14.4 Å². The third-order valence-electron chi connectivity index (χ3n) is 5.42. The zero-order chi connectivity index (χ0) is 25.0. The highest BCUT2D eigenvalue weighted by Gasteiger charge is 2.34. The topological polar surface area (TPSA) is 197 Å². The molecule has 0 fully saturated rings. The summed E-state index contributed by atoms with van der Waals surface area (Å²) in [6.45, 7) is 8.83. The van der Waals surface area contributed by atoms with Gasteiger partial charge in [0.1, 0.15) is 24.2 Å². The van der Waals surface area contributed by atoms with Crippen LogP contribution in [0, 0.1) is 11.8 Å². The Bertz CT molecular complexity index is 628. The number of hydrogen-bond donors (Lipinski definition) is 7. The van der Waals surface area contributed by atoms with Gasteiger partial charge in [-0.05, 0) is 44.6 Å². The number of aliphatic hydroxyl groups excluding tert-OH is 1. The van der Waals surface area contributed by atoms with Crippen molar-refractivity contribution in [2.24, 2.45) is 23.3 Å². The number of aliphatic carboxylic acids is 1. The van der Waals surface area contributed by atoms with Gasteiger partial charge in [-0.25, -0.2) is 4.79 Å². The summed E-state index contributed by atoms with van der Waals surface area (Å²) in [4.78, 5) is 49.6. The van der Waals surface area contributed by atoms with E-state index in [4.69, 9.17) is 11.5 Å². The van der Waals surface area contributed by atoms with Crippen LogP contribution in [0.5, 0.6) is 0 Å². The van der Waals surface area contributed by atoms with Crippen molar-refractivity contribution in [1.82, 2.24) is 16.0 Å². The van der Waals surface area contributed by atoms with E-state index >= 15 is 0 Å². The summed E-state index contributed by atoms with van der Waals surface area (Å²) in [6, 6.07) is -4.29. The molecule has 186 valence electrons. The maximum absolute atomic E-state index is 12.9. The minimum Gasteiger partial charge on any atom is -0.480 e. The second-order valence-electron chi connectivity index (χ2n) is 8.55. The highest BCUT2D eigenvalue weighted by Crippen LogP contribution is 2.12. The number of rotatable bonds is 15. The Morgan fingerprint density at radius 1 is 0.875 bits per heavy atom. The van der Waals surface area contributed by atoms with Gasteiger partial charge in [-0.1, -0.05) is 34.1 Å². The first-order chi connectivity index (χ1) is 14.9. The van der Waals surface area contributed by atoms with Crippen molar-refractivity contribution in [3.63, 3.8) is 0 Å². The molecule has 0 aliphatic heterocycles. The standard InChI is InChI=1S/C21H41N5O6/c1-6-12(4)17(20(30)24-14(21(31)32)9-7-8-10-22)26-19(29)16(11(2)3)25-18(28)15(23)13(5)27/h11-17,27H,6-10,22-23H2,1-5H3,(H,24,30)(H,25,28)(H,26,29)(H,31,32). The van der Waals surface area contributed by atoms with Crippen LogP contribution >= 0.6 is 0 Å². The Hall–Kier alpha value is -2.24. The van der Waals surface area contributed by atoms with E-state index in [0.29, 0.717) is 25.8 Å². The van der Waals surface area contributed by atoms with Crippen LogP contribution in [0.15, 0.2) is 0 Å². The molecule has 9 N–H and O–H groups in total. The number of aliphatic hydroxyl groups is 1. The molecule has 3 amide bonds. The van der Waals surface area contributed by atoms with Crippen LogP contribution in [0.1, 0.15) is 60.3 Å². The molecule has 0 rings (SSSR count). The van der Waals surface area contributed by atoms with E-state index in [1.165, 1.54) is 6.92 Å². The van der Waals surface area contributed by atoms with Gasteiger partial charge in [0.2, 0.25) is 17.7 Å². The first-order valence-corrected chi connectivity index (χ1v) is 11.1. The van der Waals surface area contributed by atoms with E-state index < -0.39 is 54.0 Å². The molecule has 0 spiro atoms. The van der Waals surface area contributed by atoms with Crippen molar-refractivity contribution in [1.29, 1.82) is 0 Å². The SMILES string of the molecule is CCC(C)C(NC(=O)C(NC(=O)C(N)C(C)O)C(C)C)C(=O)NC(CCCCN)C(=O)O. The number of carboxylic acid groups (broad SMARTS) is 1. The maximum atomic E-state index is 12.9. The highest BCUT2D eigenvalue weighted by atomic mass is 16.4. The second kappa shape index (κ2) is 14.8. The molecular formula is C21H41N5O6. The largest absolute Gasteiger partial charge is 0.480 e. The summed E-state index contributed by atoms with van der Waals surface area (Å²) in [7, 11) is 0. The summed E-state index contributed by atoms with van der Waals surface area (Å²) >= 11 is 0. The van der Waals surface area contributed by atoms with Gasteiger partial charge in [0.05, 0.1) is 6.10 Å². The summed E-state index contributed by atoms with van der Waals surface area (Å²) < 4.78 is 0. The van der Waals surface area contributed by atoms with Gasteiger partial charge in [-0.2, -0.15) is 0 Å². The number of amides is 3. The van der Waals surface area contributed by atoms with Gasteiger partial charge in [-0.15, -0.1) is 0 Å². The minimum atomic E-state index is -1.21. The van der Waals surface area contributed by atoms with Crippen molar-refractivity contribution < 1.29 is 29.4 Å². The fourth-order valence-electron chi connectivity index (χ4n) is 2.96. The Labute approximate surface area is 190 Å². The zero-order valence-corrected chi connectivity index (χ0v) is 19.8. The van der Waals surface area contributed by atoms with E-state index in [1.807, 2.05) is 6.92 Å². The summed E-state index contributed by atoms with van der Waals surface area (Å²) in [5, 5.41) is 26.6. The van der Waals surface area contributed by atoms with Gasteiger partial charge in [0.25, 0.3) is 0 Å². The predicted molar refractivity (Wildman–Crippen MR) is 120 cm³/mol. The number of carbonyl (C=O) groups excluding carboxylic acids is 3. The molecule has 32 heavy (non-hydrogen) atoms. The number of nitrogens with one attached hydrogen (secondary N) is 3. The maximum Gasteiger partial charge on any atom is 0.326 e. The zero-order valence-electron chi connectivity index (χ0n) is 19.8. The molecule has 0 aromatic rings. The van der Waals surface area contributed by atoms with Gasteiger partial charge < -0.3 is 37.6 Å². The summed E-state index contributed by atoms with van der Waals surface area (Å²) in [5.41, 5.74) is 11.1. The number of nitrogens with two attached hydrogens (primary N) is 2. The molecule has 0 aromatic carbocycles. The lowest BCUT2D eigenvalue weighted by Gasteiger charge is -2.29. The van der Waals surface area contributed by atoms with Gasteiger partial charge >= 0.3 is 5.97 Å². The van der Waals surface area contributed by atoms with Crippen LogP contribution in [0.25, 0.3) is 0 Å². The minimum absolute atomic E-state index is 0.224. The van der Waals surface area contributed by atoms with Gasteiger partial charge in [0, 0.05) is 0 Å². The van der Waals surface area contributed by atoms with E-state index in [1.54, 1.807) is 20.8 Å². The van der Waals surface area contributed by atoms with E-state index in [2.05, 4.69) is 16.0 Å². The van der Waals surface area contributed by atoms with Gasteiger partial charge in [0.15, 0.2) is 0 Å². The van der Waals surface area contributed by atoms with Crippen LogP contribution in [-0.2, 0) is 19.2 Å². The van der Waals surface area contributed by atoms with Crippen molar-refractivity contribution >= 4 is 23.7 Å². The molecule has 0 saturated carbocycles. The predicted octanol–water partition coefficient (Wildman–Crippen LogP) is -0.935. The molecule has 0 saturated heterocycles. The molecule has 11 nitrogen and oxygen atoms in total. The molecule has 0 aliphatic rings. The van der Waals surface area contributed by atoms with Crippen molar-refractivity contribution in [2.45, 2.75) is 90.6 Å². The number of carboxylic acids is 1. The molecular weight excluding hydrogens is 418 g/mol. The monoisotopic (exact) mass is 459 g/mol. The fraction of sp³-hybridized carbons (Fsp3) is 0.810. The molecule has 0 aromatic heterocycles. The number of hydrogen-bond acceptors (Lipinski definition) is 7. The molecule has 6 atom stereocenters. The fourth-order valence-corrected chi connectivity index (χ4v) is 2.96. The van der Waals surface area contributed by atoms with Crippen molar-refractivity contribution in [3.05, 3.63) is 0 Å². The Balaban J connectivity index is 5.44. The third-order valence-corrected chi connectivity index (χ3v) is 5.42. The lowest BCUT2D eigenvalue weighted by atomic mass is 9.95. The average molecular weight is 460 g/mol. The van der Waals surface area contributed by atoms with Crippen LogP contribution in [0.4, 0.5) is 0 Å². The van der Waals surface area contributed by atoms with Crippen LogP contribution < -0.4 is 27.4 Å². The normalized spacial score (nSPS) is 16.9. The molecule has 0 aliphatic carbocycles. The highest BCUT2D eigenvalue weighted by molar-refractivity contribution is 5.94. The quantitative estimate of drug-likeness (QED) is 0.152. The summed E-state index contributed by atoms with van der Waals surface area (Å²) in [6.07, 6.45) is 0.849. The van der Waals surface area contributed by atoms with Crippen molar-refractivity contribution in [2.75, 3.05) is 6.54 Å². The van der Waals surface area contributed by atoms with Crippen LogP contribution in [-0.4, -0.2) is 70.7 Å². The second-order valence-corrected chi connectivity index (χ2v) is 8.55. The Kier molecular flexibility index (Phi) is 13.7. The van der Waals surface area contributed by atoms with E-state index in [9.17, 15) is 29.4 Å².